The second-order valence-electron chi connectivity index (χ2n) is 4.51. The van der Waals surface area contributed by atoms with E-state index in [0.717, 1.165) is 17.6 Å². The van der Waals surface area contributed by atoms with Crippen LogP contribution in [0.25, 0.3) is 0 Å². The Hall–Kier alpha value is -0.540. The lowest BCUT2D eigenvalue weighted by Crippen LogP contribution is -2.31. The van der Waals surface area contributed by atoms with Gasteiger partial charge in [-0.05, 0) is 47.4 Å². The van der Waals surface area contributed by atoms with Crippen molar-refractivity contribution < 1.29 is 0 Å². The van der Waals surface area contributed by atoms with Gasteiger partial charge in [0.2, 0.25) is 0 Å². The third-order valence-corrected chi connectivity index (χ3v) is 3.90. The molecule has 1 aromatic carbocycles. The van der Waals surface area contributed by atoms with Gasteiger partial charge in [0.15, 0.2) is 0 Å². The van der Waals surface area contributed by atoms with E-state index in [2.05, 4.69) is 46.1 Å². The topological polar surface area (TPSA) is 29.3 Å². The fourth-order valence-electron chi connectivity index (χ4n) is 1.95. The van der Waals surface area contributed by atoms with Crippen molar-refractivity contribution in [3.8, 4) is 0 Å². The number of rotatable bonds is 4. The molecule has 0 saturated heterocycles. The first-order valence-electron chi connectivity index (χ1n) is 5.33. The van der Waals surface area contributed by atoms with E-state index in [9.17, 15) is 0 Å². The Morgan fingerprint density at radius 3 is 2.60 bits per heavy atom. The molecule has 15 heavy (non-hydrogen) atoms. The van der Waals surface area contributed by atoms with Crippen LogP contribution in [0, 0.1) is 5.41 Å². The van der Waals surface area contributed by atoms with Gasteiger partial charge in [-0.1, -0.05) is 12.1 Å². The smallest absolute Gasteiger partial charge is 0.0508 e. The monoisotopic (exact) mass is 268 g/mol. The van der Waals surface area contributed by atoms with Crippen molar-refractivity contribution >= 4 is 21.6 Å². The summed E-state index contributed by atoms with van der Waals surface area (Å²) in [6, 6.07) is 8.32. The van der Waals surface area contributed by atoms with Crippen LogP contribution in [0.1, 0.15) is 12.8 Å². The van der Waals surface area contributed by atoms with E-state index in [0.29, 0.717) is 5.41 Å². The van der Waals surface area contributed by atoms with Gasteiger partial charge >= 0.3 is 0 Å². The molecule has 0 aliphatic heterocycles. The lowest BCUT2D eigenvalue weighted by molar-refractivity contribution is 0.523. The molecule has 0 amide bonds. The van der Waals surface area contributed by atoms with Crippen molar-refractivity contribution in [2.45, 2.75) is 12.8 Å². The van der Waals surface area contributed by atoms with Crippen molar-refractivity contribution in [2.24, 2.45) is 11.1 Å². The number of nitrogens with zero attached hydrogens (tertiary/aromatic N) is 1. The summed E-state index contributed by atoms with van der Waals surface area (Å²) in [4.78, 5) is 2.30. The van der Waals surface area contributed by atoms with Crippen LogP contribution in [-0.2, 0) is 0 Å². The van der Waals surface area contributed by atoms with Crippen LogP contribution in [0.2, 0.25) is 0 Å². The van der Waals surface area contributed by atoms with Gasteiger partial charge in [0, 0.05) is 23.5 Å². The van der Waals surface area contributed by atoms with Crippen molar-refractivity contribution in [3.05, 3.63) is 28.7 Å². The molecule has 3 heteroatoms. The predicted octanol–water partition coefficient (Wildman–Crippen LogP) is 2.62. The van der Waals surface area contributed by atoms with E-state index in [1.807, 2.05) is 6.07 Å². The van der Waals surface area contributed by atoms with Crippen LogP contribution in [-0.4, -0.2) is 20.1 Å². The zero-order valence-corrected chi connectivity index (χ0v) is 10.6. The fraction of sp³-hybridized carbons (Fsp3) is 0.500. The Morgan fingerprint density at radius 2 is 2.07 bits per heavy atom. The average Bonchev–Trinajstić information content (AvgIpc) is 2.99. The summed E-state index contributed by atoms with van der Waals surface area (Å²) in [6.45, 7) is 1.87. The standard InChI is InChI=1S/C12H17BrN2/c1-15(9-12(8-14)6-7-12)11-5-3-2-4-10(11)13/h2-5H,6-9,14H2,1H3. The predicted molar refractivity (Wildman–Crippen MR) is 68.1 cm³/mol. The average molecular weight is 269 g/mol. The van der Waals surface area contributed by atoms with Crippen molar-refractivity contribution in [1.29, 1.82) is 0 Å². The summed E-state index contributed by atoms with van der Waals surface area (Å²) in [5.41, 5.74) is 7.44. The highest BCUT2D eigenvalue weighted by Gasteiger charge is 2.42. The molecule has 0 unspecified atom stereocenters. The summed E-state index contributed by atoms with van der Waals surface area (Å²) < 4.78 is 1.15. The first-order chi connectivity index (χ1) is 7.17. The van der Waals surface area contributed by atoms with E-state index in [-0.39, 0.29) is 0 Å². The summed E-state index contributed by atoms with van der Waals surface area (Å²) in [5, 5.41) is 0. The lowest BCUT2D eigenvalue weighted by atomic mass is 10.1. The van der Waals surface area contributed by atoms with Crippen LogP contribution < -0.4 is 10.6 Å². The highest BCUT2D eigenvalue weighted by molar-refractivity contribution is 9.10. The number of nitrogens with two attached hydrogens (primary N) is 1. The van der Waals surface area contributed by atoms with E-state index in [4.69, 9.17) is 5.73 Å². The highest BCUT2D eigenvalue weighted by Crippen LogP contribution is 2.45. The Balaban J connectivity index is 2.08. The van der Waals surface area contributed by atoms with Crippen LogP contribution in [0.5, 0.6) is 0 Å². The summed E-state index contributed by atoms with van der Waals surface area (Å²) in [5.74, 6) is 0. The SMILES string of the molecule is CN(CC1(CN)CC1)c1ccccc1Br. The van der Waals surface area contributed by atoms with Gasteiger partial charge in [0.05, 0.1) is 5.69 Å². The van der Waals surface area contributed by atoms with Gasteiger partial charge in [0.25, 0.3) is 0 Å². The maximum Gasteiger partial charge on any atom is 0.0508 e. The lowest BCUT2D eigenvalue weighted by Gasteiger charge is -2.25. The number of anilines is 1. The van der Waals surface area contributed by atoms with Gasteiger partial charge in [-0.25, -0.2) is 0 Å². The van der Waals surface area contributed by atoms with Gasteiger partial charge < -0.3 is 10.6 Å². The second kappa shape index (κ2) is 4.14. The van der Waals surface area contributed by atoms with Crippen molar-refractivity contribution in [2.75, 3.05) is 25.0 Å². The molecule has 2 rings (SSSR count). The minimum absolute atomic E-state index is 0.393. The molecule has 1 saturated carbocycles. The first-order valence-corrected chi connectivity index (χ1v) is 6.12. The molecule has 1 aliphatic carbocycles. The van der Waals surface area contributed by atoms with Crippen molar-refractivity contribution in [1.82, 2.24) is 0 Å². The van der Waals surface area contributed by atoms with Gasteiger partial charge in [0.1, 0.15) is 0 Å². The van der Waals surface area contributed by atoms with Gasteiger partial charge in [-0.2, -0.15) is 0 Å². The first kappa shape index (κ1) is 11.0. The molecule has 0 radical (unpaired) electrons. The van der Waals surface area contributed by atoms with E-state index in [1.54, 1.807) is 0 Å². The Kier molecular flexibility index (Phi) is 3.03. The second-order valence-corrected chi connectivity index (χ2v) is 5.37. The normalized spacial score (nSPS) is 17.5. The Bertz CT molecular complexity index is 347. The molecule has 0 atom stereocenters. The molecule has 0 bridgehead atoms. The molecule has 1 fully saturated rings. The summed E-state index contributed by atoms with van der Waals surface area (Å²) in [6.07, 6.45) is 2.55. The Morgan fingerprint density at radius 1 is 1.40 bits per heavy atom. The molecule has 0 aromatic heterocycles. The minimum Gasteiger partial charge on any atom is -0.373 e. The zero-order chi connectivity index (χ0) is 10.9. The summed E-state index contributed by atoms with van der Waals surface area (Å²) in [7, 11) is 2.13. The number of hydrogen-bond donors (Lipinski definition) is 1. The van der Waals surface area contributed by atoms with Crippen LogP contribution in [0.4, 0.5) is 5.69 Å². The third kappa shape index (κ3) is 2.34. The van der Waals surface area contributed by atoms with E-state index in [1.165, 1.54) is 18.5 Å². The minimum atomic E-state index is 0.393. The molecule has 2 nitrogen and oxygen atoms in total. The number of para-hydroxylation sites is 1. The molecule has 1 aliphatic rings. The van der Waals surface area contributed by atoms with Crippen LogP contribution in [0.3, 0.4) is 0 Å². The molecular weight excluding hydrogens is 252 g/mol. The molecule has 1 aromatic rings. The Labute approximate surface area is 99.6 Å². The fourth-order valence-corrected chi connectivity index (χ4v) is 2.54. The molecule has 82 valence electrons. The van der Waals surface area contributed by atoms with Gasteiger partial charge in [-0.3, -0.25) is 0 Å². The van der Waals surface area contributed by atoms with Crippen molar-refractivity contribution in [3.63, 3.8) is 0 Å². The van der Waals surface area contributed by atoms with Crippen LogP contribution in [0.15, 0.2) is 28.7 Å². The molecule has 2 N–H and O–H groups in total. The third-order valence-electron chi connectivity index (χ3n) is 3.23. The number of hydrogen-bond acceptors (Lipinski definition) is 2. The van der Waals surface area contributed by atoms with E-state index >= 15 is 0 Å². The number of halogens is 1. The molecule has 0 spiro atoms. The van der Waals surface area contributed by atoms with E-state index < -0.39 is 0 Å². The maximum absolute atomic E-state index is 5.79. The van der Waals surface area contributed by atoms with Gasteiger partial charge in [-0.15, -0.1) is 0 Å². The quantitative estimate of drug-likeness (QED) is 0.910. The maximum atomic E-state index is 5.79. The number of benzene rings is 1. The molecule has 0 heterocycles. The largest absolute Gasteiger partial charge is 0.373 e. The highest BCUT2D eigenvalue weighted by atomic mass is 79.9. The van der Waals surface area contributed by atoms with Crippen LogP contribution >= 0.6 is 15.9 Å². The zero-order valence-electron chi connectivity index (χ0n) is 9.04. The molecular formula is C12H17BrN2. The summed E-state index contributed by atoms with van der Waals surface area (Å²) >= 11 is 3.57.